The van der Waals surface area contributed by atoms with Gasteiger partial charge in [0.1, 0.15) is 11.5 Å². The van der Waals surface area contributed by atoms with Crippen LogP contribution >= 0.6 is 0 Å². The zero-order valence-corrected chi connectivity index (χ0v) is 18.3. The number of aromatic nitrogens is 2. The van der Waals surface area contributed by atoms with E-state index in [2.05, 4.69) is 16.4 Å². The second-order valence-corrected chi connectivity index (χ2v) is 8.66. The minimum atomic E-state index is -3.84. The van der Waals surface area contributed by atoms with Crippen LogP contribution in [-0.2, 0) is 14.8 Å². The molecular weight excluding hydrogens is 446 g/mol. The number of hydrogen-bond acceptors (Lipinski definition) is 6. The highest BCUT2D eigenvalue weighted by Gasteiger charge is 2.11. The molecule has 0 saturated heterocycles. The minimum absolute atomic E-state index is 0.0600. The van der Waals surface area contributed by atoms with Crippen molar-refractivity contribution in [2.45, 2.75) is 4.90 Å². The number of esters is 1. The van der Waals surface area contributed by atoms with Gasteiger partial charge in [0.25, 0.3) is 5.56 Å². The van der Waals surface area contributed by atoms with Crippen molar-refractivity contribution >= 4 is 28.6 Å². The van der Waals surface area contributed by atoms with E-state index in [0.717, 1.165) is 5.56 Å². The van der Waals surface area contributed by atoms with Crippen LogP contribution in [0.1, 0.15) is 16.1 Å². The maximum Gasteiger partial charge on any atom is 0.337 e. The van der Waals surface area contributed by atoms with Crippen LogP contribution in [0, 0.1) is 0 Å². The number of rotatable bonds is 5. The molecule has 4 aromatic rings. The van der Waals surface area contributed by atoms with E-state index in [0.29, 0.717) is 28.1 Å². The molecule has 0 aliphatic heterocycles. The zero-order valence-electron chi connectivity index (χ0n) is 17.4. The monoisotopic (exact) mass is 465 g/mol. The molecule has 0 unspecified atom stereocenters. The molecule has 0 saturated carbocycles. The van der Waals surface area contributed by atoms with Crippen LogP contribution in [0.15, 0.2) is 74.8 Å². The molecule has 2 aromatic heterocycles. The Kier molecular flexibility index (Phi) is 5.62. The summed E-state index contributed by atoms with van der Waals surface area (Å²) in [4.78, 5) is 24.4. The Hall–Kier alpha value is -4.15. The predicted molar refractivity (Wildman–Crippen MR) is 122 cm³/mol. The van der Waals surface area contributed by atoms with Gasteiger partial charge in [0, 0.05) is 5.56 Å². The molecule has 0 aliphatic carbocycles. The lowest BCUT2D eigenvalue weighted by atomic mass is 10.1. The number of nitrogens with one attached hydrogen (secondary N) is 1. The number of ether oxygens (including phenoxy) is 1. The van der Waals surface area contributed by atoms with Crippen molar-refractivity contribution in [2.75, 3.05) is 7.11 Å². The fourth-order valence-corrected chi connectivity index (χ4v) is 3.74. The van der Waals surface area contributed by atoms with Crippen molar-refractivity contribution in [2.24, 2.45) is 5.14 Å². The lowest BCUT2D eigenvalue weighted by molar-refractivity contribution is 0.0600. The quantitative estimate of drug-likeness (QED) is 0.424. The summed E-state index contributed by atoms with van der Waals surface area (Å²) in [7, 11) is -2.52. The number of methoxy groups -OCH3 is 1. The summed E-state index contributed by atoms with van der Waals surface area (Å²) in [5, 5.41) is 8.62. The first-order valence-corrected chi connectivity index (χ1v) is 11.2. The predicted octanol–water partition coefficient (Wildman–Crippen LogP) is 1.10. The van der Waals surface area contributed by atoms with Gasteiger partial charge >= 0.3 is 5.97 Å². The van der Waals surface area contributed by atoms with Gasteiger partial charge in [-0.2, -0.15) is 0 Å². The first-order valence-electron chi connectivity index (χ1n) is 9.61. The summed E-state index contributed by atoms with van der Waals surface area (Å²) < 4.78 is 34.6. The third-order valence-corrected chi connectivity index (χ3v) is 5.86. The molecule has 0 amide bonds. The third-order valence-electron chi connectivity index (χ3n) is 4.93. The molecular formula is C23H19N3O6S. The second-order valence-electron chi connectivity index (χ2n) is 7.10. The summed E-state index contributed by atoms with van der Waals surface area (Å²) in [6, 6.07) is 15.7. The summed E-state index contributed by atoms with van der Waals surface area (Å²) >= 11 is 0. The average molecular weight is 465 g/mol. The Morgan fingerprint density at radius 3 is 2.36 bits per heavy atom. The highest BCUT2D eigenvalue weighted by atomic mass is 32.2. The Balaban J connectivity index is 1.67. The number of carbonyl (C=O) groups excluding carboxylic acids is 1. The van der Waals surface area contributed by atoms with Crippen LogP contribution in [-0.4, -0.2) is 31.3 Å². The van der Waals surface area contributed by atoms with Crippen molar-refractivity contribution in [3.8, 4) is 17.0 Å². The molecule has 2 heterocycles. The van der Waals surface area contributed by atoms with Crippen molar-refractivity contribution in [1.82, 2.24) is 9.78 Å². The van der Waals surface area contributed by atoms with E-state index in [1.165, 1.54) is 36.1 Å². The number of aromatic amines is 1. The van der Waals surface area contributed by atoms with Gasteiger partial charge in [0.05, 0.1) is 33.8 Å². The van der Waals surface area contributed by atoms with Crippen molar-refractivity contribution in [3.63, 3.8) is 0 Å². The second kappa shape index (κ2) is 8.41. The standard InChI is InChI=1S/C23H19N3O6S/c1-14-20(22(27)26(25-14)17-7-10-19(11-8-17)33(24,29)30)13-18-9-12-21(32-18)15-3-5-16(6-4-15)23(28)31-2/h3-13,25H,1H2,2H3,(H2,24,29,30)/b20-13-. The lowest BCUT2D eigenvalue weighted by Gasteiger charge is -2.02. The molecule has 9 nitrogen and oxygen atoms in total. The SMILES string of the molecule is C=c1[nH]n(-c2ccc(S(N)(=O)=O)cc2)c(=O)/c1=C\c1ccc(-c2ccc(C(=O)OC)cc2)o1. The molecule has 3 N–H and O–H groups in total. The summed E-state index contributed by atoms with van der Waals surface area (Å²) in [5.41, 5.74) is 1.20. The van der Waals surface area contributed by atoms with Gasteiger partial charge < -0.3 is 9.15 Å². The number of benzene rings is 2. The Morgan fingerprint density at radius 2 is 1.76 bits per heavy atom. The number of primary sulfonamides is 1. The molecule has 0 bridgehead atoms. The molecule has 0 aliphatic rings. The van der Waals surface area contributed by atoms with E-state index < -0.39 is 16.0 Å². The van der Waals surface area contributed by atoms with Gasteiger partial charge in [-0.1, -0.05) is 18.7 Å². The fourth-order valence-electron chi connectivity index (χ4n) is 3.23. The number of sulfonamides is 1. The van der Waals surface area contributed by atoms with Crippen LogP contribution in [0.25, 0.3) is 29.7 Å². The van der Waals surface area contributed by atoms with Crippen LogP contribution < -0.4 is 21.3 Å². The van der Waals surface area contributed by atoms with E-state index in [1.807, 2.05) is 0 Å². The normalized spacial score (nSPS) is 12.1. The van der Waals surface area contributed by atoms with Crippen molar-refractivity contribution in [3.05, 3.63) is 92.9 Å². The average Bonchev–Trinajstić information content (AvgIpc) is 3.38. The number of H-pyrrole nitrogens is 1. The molecule has 33 heavy (non-hydrogen) atoms. The van der Waals surface area contributed by atoms with Gasteiger partial charge in [-0.05, 0) is 54.6 Å². The van der Waals surface area contributed by atoms with Crippen LogP contribution in [0.3, 0.4) is 0 Å². The Bertz CT molecular complexity index is 1610. The van der Waals surface area contributed by atoms with Crippen molar-refractivity contribution < 1.29 is 22.4 Å². The highest BCUT2D eigenvalue weighted by Crippen LogP contribution is 2.23. The zero-order chi connectivity index (χ0) is 23.8. The molecule has 2 aromatic carbocycles. The van der Waals surface area contributed by atoms with Gasteiger partial charge in [-0.15, -0.1) is 0 Å². The summed E-state index contributed by atoms with van der Waals surface area (Å²) in [6.07, 6.45) is 1.56. The molecule has 0 spiro atoms. The first kappa shape index (κ1) is 22.1. The first-order chi connectivity index (χ1) is 15.7. The maximum absolute atomic E-state index is 12.9. The summed E-state index contributed by atoms with van der Waals surface area (Å²) in [5.74, 6) is 0.554. The Morgan fingerprint density at radius 1 is 1.09 bits per heavy atom. The fraction of sp³-hybridized carbons (Fsp3) is 0.0435. The molecule has 0 radical (unpaired) electrons. The smallest absolute Gasteiger partial charge is 0.337 e. The largest absolute Gasteiger partial charge is 0.465 e. The van der Waals surface area contributed by atoms with E-state index in [1.54, 1.807) is 42.5 Å². The van der Waals surface area contributed by atoms with E-state index in [-0.39, 0.29) is 15.7 Å². The van der Waals surface area contributed by atoms with Crippen LogP contribution in [0.5, 0.6) is 0 Å². The number of nitrogens with zero attached hydrogens (tertiary/aromatic N) is 1. The molecule has 0 atom stereocenters. The van der Waals surface area contributed by atoms with Gasteiger partial charge in [0.2, 0.25) is 10.0 Å². The number of hydrogen-bond donors (Lipinski definition) is 2. The van der Waals surface area contributed by atoms with E-state index in [9.17, 15) is 18.0 Å². The number of nitrogens with two attached hydrogens (primary N) is 1. The van der Waals surface area contributed by atoms with Gasteiger partial charge in [-0.3, -0.25) is 9.89 Å². The molecule has 4 rings (SSSR count). The molecule has 10 heteroatoms. The highest BCUT2D eigenvalue weighted by molar-refractivity contribution is 7.89. The minimum Gasteiger partial charge on any atom is -0.465 e. The molecule has 168 valence electrons. The summed E-state index contributed by atoms with van der Waals surface area (Å²) in [6.45, 7) is 3.87. The molecule has 0 fully saturated rings. The maximum atomic E-state index is 12.9. The van der Waals surface area contributed by atoms with Gasteiger partial charge in [-0.25, -0.2) is 23.0 Å². The van der Waals surface area contributed by atoms with Crippen LogP contribution in [0.2, 0.25) is 0 Å². The number of furan rings is 1. The van der Waals surface area contributed by atoms with Crippen LogP contribution in [0.4, 0.5) is 0 Å². The topological polar surface area (TPSA) is 137 Å². The van der Waals surface area contributed by atoms with Gasteiger partial charge in [0.15, 0.2) is 0 Å². The Labute approximate surface area is 188 Å². The van der Waals surface area contributed by atoms with E-state index >= 15 is 0 Å². The van der Waals surface area contributed by atoms with Crippen molar-refractivity contribution in [1.29, 1.82) is 0 Å². The lowest BCUT2D eigenvalue weighted by Crippen LogP contribution is -2.33. The number of carbonyl (C=O) groups is 1. The third kappa shape index (κ3) is 4.43. The van der Waals surface area contributed by atoms with E-state index in [4.69, 9.17) is 9.56 Å².